The van der Waals surface area contributed by atoms with E-state index >= 15 is 0 Å². The van der Waals surface area contributed by atoms with Crippen molar-refractivity contribution in [2.45, 2.75) is 6.92 Å². The Hall–Kier alpha value is -4.09. The highest BCUT2D eigenvalue weighted by molar-refractivity contribution is 7.92. The first-order chi connectivity index (χ1) is 16.1. The highest BCUT2D eigenvalue weighted by Gasteiger charge is 2.25. The molecule has 0 bridgehead atoms. The van der Waals surface area contributed by atoms with Gasteiger partial charge < -0.3 is 9.73 Å². The van der Waals surface area contributed by atoms with E-state index in [-0.39, 0.29) is 5.91 Å². The Balaban J connectivity index is 2.07. The molecule has 0 atom stereocenters. The third-order valence-corrected chi connectivity index (χ3v) is 6.93. The summed E-state index contributed by atoms with van der Waals surface area (Å²) in [5.74, 6) is 0.0867. The maximum absolute atomic E-state index is 12.9. The number of fused-ring (bicyclic) bond motifs is 1. The first-order valence-corrected chi connectivity index (χ1v) is 12.3. The minimum atomic E-state index is -3.59. The number of furan rings is 1. The van der Waals surface area contributed by atoms with E-state index in [0.29, 0.717) is 44.7 Å². The number of carbonyl (C=O) groups is 1. The number of nitrogens with one attached hydrogen (secondary N) is 1. The molecule has 0 aliphatic carbocycles. The highest BCUT2D eigenvalue weighted by atomic mass is 32.2. The number of carbonyl (C=O) groups excluding carboxylic acids is 1. The van der Waals surface area contributed by atoms with E-state index in [9.17, 15) is 13.2 Å². The standard InChI is InChI=1S/C26H23N3O4S/c1-16-5-9-19(10-6-16)25-24(26(30)28-2)21-13-20(18-11-7-17(15-27)8-12-18)22(14-23(21)33-25)29(3)34(4,31)32/h5-14H,1-4H3,(H,28,30). The molecule has 3 aromatic carbocycles. The van der Waals surface area contributed by atoms with Gasteiger partial charge in [-0.15, -0.1) is 0 Å². The topological polar surface area (TPSA) is 103 Å². The molecule has 0 spiro atoms. The van der Waals surface area contributed by atoms with Crippen molar-refractivity contribution in [2.75, 3.05) is 24.7 Å². The van der Waals surface area contributed by atoms with Crippen LogP contribution in [0.4, 0.5) is 5.69 Å². The lowest BCUT2D eigenvalue weighted by Crippen LogP contribution is -2.25. The maximum Gasteiger partial charge on any atom is 0.255 e. The molecule has 0 radical (unpaired) electrons. The van der Waals surface area contributed by atoms with E-state index < -0.39 is 10.0 Å². The lowest BCUT2D eigenvalue weighted by molar-refractivity contribution is 0.0964. The summed E-state index contributed by atoms with van der Waals surface area (Å²) in [6, 6.07) is 19.9. The molecule has 0 saturated heterocycles. The van der Waals surface area contributed by atoms with Gasteiger partial charge in [0.2, 0.25) is 10.0 Å². The summed E-state index contributed by atoms with van der Waals surface area (Å²) in [6.07, 6.45) is 1.12. The summed E-state index contributed by atoms with van der Waals surface area (Å²) in [5.41, 5.74) is 4.73. The molecule has 0 saturated carbocycles. The Labute approximate surface area is 198 Å². The van der Waals surface area contributed by atoms with Crippen LogP contribution in [0.15, 0.2) is 65.1 Å². The van der Waals surface area contributed by atoms with E-state index in [4.69, 9.17) is 9.68 Å². The fourth-order valence-corrected chi connectivity index (χ4v) is 4.29. The van der Waals surface area contributed by atoms with Crippen molar-refractivity contribution in [3.05, 3.63) is 77.4 Å². The third-order valence-electron chi connectivity index (χ3n) is 5.74. The van der Waals surface area contributed by atoms with Crippen LogP contribution in [-0.4, -0.2) is 34.7 Å². The van der Waals surface area contributed by atoms with Gasteiger partial charge in [-0.25, -0.2) is 8.42 Å². The van der Waals surface area contributed by atoms with Gasteiger partial charge >= 0.3 is 0 Å². The summed E-state index contributed by atoms with van der Waals surface area (Å²) in [7, 11) is -0.575. The molecular weight excluding hydrogens is 450 g/mol. The van der Waals surface area contributed by atoms with Gasteiger partial charge in [0, 0.05) is 36.7 Å². The molecule has 7 nitrogen and oxygen atoms in total. The fraction of sp³-hybridized carbons (Fsp3) is 0.154. The summed E-state index contributed by atoms with van der Waals surface area (Å²) in [4.78, 5) is 12.9. The van der Waals surface area contributed by atoms with Crippen LogP contribution in [0.2, 0.25) is 0 Å². The third kappa shape index (κ3) is 4.14. The number of anilines is 1. The van der Waals surface area contributed by atoms with Gasteiger partial charge in [0.1, 0.15) is 11.3 Å². The molecule has 0 aliphatic heterocycles. The van der Waals surface area contributed by atoms with E-state index in [1.54, 1.807) is 43.4 Å². The average Bonchev–Trinajstić information content (AvgIpc) is 3.20. The second kappa shape index (κ2) is 8.69. The Kier molecular flexibility index (Phi) is 5.90. The van der Waals surface area contributed by atoms with Gasteiger partial charge in [-0.05, 0) is 30.7 Å². The molecule has 4 aromatic rings. The van der Waals surface area contributed by atoms with Crippen LogP contribution in [0, 0.1) is 18.3 Å². The molecule has 0 unspecified atom stereocenters. The number of aryl methyl sites for hydroxylation is 1. The van der Waals surface area contributed by atoms with Crippen molar-refractivity contribution >= 4 is 32.6 Å². The van der Waals surface area contributed by atoms with Crippen LogP contribution in [-0.2, 0) is 10.0 Å². The Bertz CT molecular complexity index is 1550. The number of amides is 1. The molecule has 1 heterocycles. The summed E-state index contributed by atoms with van der Waals surface area (Å²) < 4.78 is 32.2. The molecule has 34 heavy (non-hydrogen) atoms. The van der Waals surface area contributed by atoms with Gasteiger partial charge in [0.05, 0.1) is 29.1 Å². The Morgan fingerprint density at radius 2 is 1.65 bits per heavy atom. The molecule has 1 aromatic heterocycles. The zero-order chi connectivity index (χ0) is 24.6. The lowest BCUT2D eigenvalue weighted by atomic mass is 9.97. The molecule has 1 N–H and O–H groups in total. The smallest absolute Gasteiger partial charge is 0.255 e. The molecule has 4 rings (SSSR count). The number of hydrogen-bond acceptors (Lipinski definition) is 5. The van der Waals surface area contributed by atoms with Gasteiger partial charge in [-0.2, -0.15) is 5.26 Å². The minimum Gasteiger partial charge on any atom is -0.455 e. The second-order valence-corrected chi connectivity index (χ2v) is 10.1. The number of nitriles is 1. The quantitative estimate of drug-likeness (QED) is 0.452. The Morgan fingerprint density at radius 1 is 1.03 bits per heavy atom. The van der Waals surface area contributed by atoms with Crippen molar-refractivity contribution in [3.63, 3.8) is 0 Å². The molecule has 8 heteroatoms. The maximum atomic E-state index is 12.9. The zero-order valence-corrected chi connectivity index (χ0v) is 20.0. The van der Waals surface area contributed by atoms with Gasteiger partial charge in [-0.1, -0.05) is 42.0 Å². The SMILES string of the molecule is CNC(=O)c1c(-c2ccc(C)cc2)oc2cc(N(C)S(C)(=O)=O)c(-c3ccc(C#N)cc3)cc12. The van der Waals surface area contributed by atoms with Crippen molar-refractivity contribution in [2.24, 2.45) is 0 Å². The van der Waals surface area contributed by atoms with Gasteiger partial charge in [-0.3, -0.25) is 9.10 Å². The molecule has 172 valence electrons. The molecule has 1 amide bonds. The van der Waals surface area contributed by atoms with Crippen molar-refractivity contribution < 1.29 is 17.6 Å². The molecular formula is C26H23N3O4S. The number of rotatable bonds is 5. The summed E-state index contributed by atoms with van der Waals surface area (Å²) >= 11 is 0. The minimum absolute atomic E-state index is 0.315. The van der Waals surface area contributed by atoms with Crippen molar-refractivity contribution in [1.29, 1.82) is 5.26 Å². The van der Waals surface area contributed by atoms with Crippen LogP contribution in [0.1, 0.15) is 21.5 Å². The summed E-state index contributed by atoms with van der Waals surface area (Å²) in [5, 5.41) is 12.4. The average molecular weight is 474 g/mol. The fourth-order valence-electron chi connectivity index (χ4n) is 3.79. The summed E-state index contributed by atoms with van der Waals surface area (Å²) in [6.45, 7) is 1.97. The highest BCUT2D eigenvalue weighted by Crippen LogP contribution is 2.41. The van der Waals surface area contributed by atoms with Crippen LogP contribution in [0.5, 0.6) is 0 Å². The first kappa shape index (κ1) is 23.1. The number of sulfonamides is 1. The predicted molar refractivity (Wildman–Crippen MR) is 133 cm³/mol. The number of benzene rings is 3. The van der Waals surface area contributed by atoms with Crippen LogP contribution >= 0.6 is 0 Å². The zero-order valence-electron chi connectivity index (χ0n) is 19.2. The van der Waals surface area contributed by atoms with E-state index in [0.717, 1.165) is 17.4 Å². The monoisotopic (exact) mass is 473 g/mol. The largest absolute Gasteiger partial charge is 0.455 e. The number of hydrogen-bond donors (Lipinski definition) is 1. The van der Waals surface area contributed by atoms with E-state index in [1.807, 2.05) is 31.2 Å². The number of nitrogens with zero attached hydrogens (tertiary/aromatic N) is 2. The van der Waals surface area contributed by atoms with Crippen molar-refractivity contribution in [1.82, 2.24) is 5.32 Å². The molecule has 0 aliphatic rings. The van der Waals surface area contributed by atoms with Crippen LogP contribution in [0.3, 0.4) is 0 Å². The van der Waals surface area contributed by atoms with Gasteiger partial charge in [0.15, 0.2) is 0 Å². The Morgan fingerprint density at radius 3 is 2.21 bits per heavy atom. The lowest BCUT2D eigenvalue weighted by Gasteiger charge is -2.20. The first-order valence-electron chi connectivity index (χ1n) is 10.5. The second-order valence-electron chi connectivity index (χ2n) is 8.04. The van der Waals surface area contributed by atoms with Gasteiger partial charge in [0.25, 0.3) is 5.91 Å². The van der Waals surface area contributed by atoms with Crippen molar-refractivity contribution in [3.8, 4) is 28.5 Å². The van der Waals surface area contributed by atoms with Crippen LogP contribution < -0.4 is 9.62 Å². The normalized spacial score (nSPS) is 11.3. The van der Waals surface area contributed by atoms with Crippen LogP contribution in [0.25, 0.3) is 33.4 Å². The predicted octanol–water partition coefficient (Wildman–Crippen LogP) is 4.70. The van der Waals surface area contributed by atoms with E-state index in [2.05, 4.69) is 11.4 Å². The van der Waals surface area contributed by atoms with E-state index in [1.165, 1.54) is 11.4 Å². The molecule has 0 fully saturated rings.